The minimum absolute atomic E-state index is 0.127. The van der Waals surface area contributed by atoms with Crippen molar-refractivity contribution in [2.45, 2.75) is 76.7 Å². The Balaban J connectivity index is 1.74. The number of carbonyl (C=O) groups is 1. The second kappa shape index (κ2) is 7.84. The van der Waals surface area contributed by atoms with Gasteiger partial charge in [-0.15, -0.1) is 4.91 Å². The number of amides is 1. The Labute approximate surface area is 138 Å². The molecule has 5 nitrogen and oxygen atoms in total. The predicted molar refractivity (Wildman–Crippen MR) is 91.0 cm³/mol. The molecule has 2 atom stereocenters. The number of nitrogens with zero attached hydrogens (tertiary/aromatic N) is 2. The largest absolute Gasteiger partial charge is 0.367 e. The first kappa shape index (κ1) is 16.3. The van der Waals surface area contributed by atoms with E-state index in [0.717, 1.165) is 31.5 Å². The molecule has 3 aliphatic rings. The first-order chi connectivity index (χ1) is 11.3. The number of nitrogens with one attached hydrogen (secondary N) is 1. The van der Waals surface area contributed by atoms with Crippen molar-refractivity contribution in [1.29, 1.82) is 0 Å². The highest BCUT2D eigenvalue weighted by atomic mass is 16.3. The summed E-state index contributed by atoms with van der Waals surface area (Å²) in [6.07, 6.45) is 14.9. The number of allylic oxidation sites excluding steroid dienone is 1. The van der Waals surface area contributed by atoms with Gasteiger partial charge in [0.15, 0.2) is 0 Å². The Morgan fingerprint density at radius 1 is 1.04 bits per heavy atom. The molecule has 5 heteroatoms. The predicted octanol–water partition coefficient (Wildman–Crippen LogP) is 4.08. The third-order valence-electron chi connectivity index (χ3n) is 5.58. The molecule has 2 saturated carbocycles. The van der Waals surface area contributed by atoms with Gasteiger partial charge in [-0.05, 0) is 37.7 Å². The van der Waals surface area contributed by atoms with E-state index in [-0.39, 0.29) is 5.92 Å². The van der Waals surface area contributed by atoms with Crippen LogP contribution < -0.4 is 5.32 Å². The van der Waals surface area contributed by atoms with E-state index >= 15 is 0 Å². The lowest BCUT2D eigenvalue weighted by Crippen LogP contribution is -2.36. The lowest BCUT2D eigenvalue weighted by atomic mass is 9.75. The summed E-state index contributed by atoms with van der Waals surface area (Å²) in [5.41, 5.74) is 1.25. The Morgan fingerprint density at radius 2 is 1.74 bits per heavy atom. The smallest absolute Gasteiger partial charge is 0.295 e. The van der Waals surface area contributed by atoms with Crippen LogP contribution in [0, 0.1) is 16.7 Å². The van der Waals surface area contributed by atoms with Crippen molar-refractivity contribution < 1.29 is 4.79 Å². The van der Waals surface area contributed by atoms with E-state index in [1.165, 1.54) is 50.5 Å². The van der Waals surface area contributed by atoms with Crippen LogP contribution in [-0.2, 0) is 4.79 Å². The standard InChI is InChI=1S/C18H27N3O2/c22-18(21-23)16-12-19-17(15-11-7-6-10-14(15)16)20-13-8-4-2-1-3-5-9-13/h12-14,16,20H,1-11H2. The average molecular weight is 317 g/mol. The monoisotopic (exact) mass is 317 g/mol. The van der Waals surface area contributed by atoms with Crippen LogP contribution in [0.1, 0.15) is 70.6 Å². The highest BCUT2D eigenvalue weighted by Gasteiger charge is 2.36. The molecule has 1 heterocycles. The second-order valence-electron chi connectivity index (χ2n) is 7.15. The number of nitroso groups, excluding NO2 is 1. The molecule has 0 bridgehead atoms. The van der Waals surface area contributed by atoms with Gasteiger partial charge in [0.2, 0.25) is 0 Å². The number of carbonyl (C=O) groups excluding carboxylic acids is 1. The van der Waals surface area contributed by atoms with Crippen LogP contribution >= 0.6 is 0 Å². The first-order valence-corrected chi connectivity index (χ1v) is 9.20. The van der Waals surface area contributed by atoms with E-state index in [9.17, 15) is 9.70 Å². The maximum Gasteiger partial charge on any atom is 0.295 e. The van der Waals surface area contributed by atoms with Crippen molar-refractivity contribution in [3.05, 3.63) is 16.3 Å². The van der Waals surface area contributed by atoms with Crippen LogP contribution in [0.2, 0.25) is 0 Å². The molecule has 2 fully saturated rings. The van der Waals surface area contributed by atoms with Gasteiger partial charge in [-0.25, -0.2) is 4.99 Å². The van der Waals surface area contributed by atoms with Crippen molar-refractivity contribution in [1.82, 2.24) is 5.32 Å². The van der Waals surface area contributed by atoms with Crippen molar-refractivity contribution >= 4 is 12.1 Å². The zero-order chi connectivity index (χ0) is 16.1. The molecule has 2 unspecified atom stereocenters. The molecule has 3 rings (SSSR count). The fourth-order valence-electron chi connectivity index (χ4n) is 4.29. The number of hydrogen-bond donors (Lipinski definition) is 1. The molecule has 0 radical (unpaired) electrons. The molecule has 1 aliphatic heterocycles. The second-order valence-corrected chi connectivity index (χ2v) is 7.15. The highest BCUT2D eigenvalue weighted by molar-refractivity contribution is 5.95. The average Bonchev–Trinajstić information content (AvgIpc) is 2.56. The van der Waals surface area contributed by atoms with Crippen LogP contribution in [0.3, 0.4) is 0 Å². The topological polar surface area (TPSA) is 70.9 Å². The quantitative estimate of drug-likeness (QED) is 0.797. The summed E-state index contributed by atoms with van der Waals surface area (Å²) >= 11 is 0. The third-order valence-corrected chi connectivity index (χ3v) is 5.58. The summed E-state index contributed by atoms with van der Waals surface area (Å²) in [6, 6.07) is 0.494. The van der Waals surface area contributed by atoms with Crippen LogP contribution in [-0.4, -0.2) is 18.2 Å². The van der Waals surface area contributed by atoms with Crippen LogP contribution in [0.4, 0.5) is 0 Å². The van der Waals surface area contributed by atoms with Gasteiger partial charge in [0, 0.05) is 23.4 Å². The van der Waals surface area contributed by atoms with Crippen molar-refractivity contribution in [3.63, 3.8) is 0 Å². The van der Waals surface area contributed by atoms with Gasteiger partial charge >= 0.3 is 0 Å². The van der Waals surface area contributed by atoms with E-state index in [4.69, 9.17) is 0 Å². The van der Waals surface area contributed by atoms with Gasteiger partial charge in [-0.2, -0.15) is 0 Å². The molecular formula is C18H27N3O2. The zero-order valence-corrected chi connectivity index (χ0v) is 13.8. The van der Waals surface area contributed by atoms with Crippen LogP contribution in [0.5, 0.6) is 0 Å². The summed E-state index contributed by atoms with van der Waals surface area (Å²) < 4.78 is 0. The van der Waals surface area contributed by atoms with Crippen molar-refractivity contribution in [2.24, 2.45) is 22.0 Å². The SMILES string of the molecule is O=NC(=O)C1C=NC(NC2CCCCCCC2)=C2CCCCC21. The summed E-state index contributed by atoms with van der Waals surface area (Å²) in [6.45, 7) is 0. The van der Waals surface area contributed by atoms with Crippen molar-refractivity contribution in [2.75, 3.05) is 0 Å². The van der Waals surface area contributed by atoms with Gasteiger partial charge in [0.1, 0.15) is 5.82 Å². The molecular weight excluding hydrogens is 290 g/mol. The van der Waals surface area contributed by atoms with Crippen LogP contribution in [0.15, 0.2) is 21.6 Å². The highest BCUT2D eigenvalue weighted by Crippen LogP contribution is 2.39. The Kier molecular flexibility index (Phi) is 5.57. The summed E-state index contributed by atoms with van der Waals surface area (Å²) in [5, 5.41) is 6.31. The van der Waals surface area contributed by atoms with Crippen LogP contribution in [0.25, 0.3) is 0 Å². The molecule has 126 valence electrons. The number of rotatable bonds is 3. The molecule has 1 amide bonds. The Bertz CT molecular complexity index is 504. The number of fused-ring (bicyclic) bond motifs is 1. The Morgan fingerprint density at radius 3 is 2.48 bits per heavy atom. The number of hydrogen-bond acceptors (Lipinski definition) is 4. The first-order valence-electron chi connectivity index (χ1n) is 9.20. The van der Waals surface area contributed by atoms with Gasteiger partial charge in [-0.3, -0.25) is 4.79 Å². The fourth-order valence-corrected chi connectivity index (χ4v) is 4.29. The van der Waals surface area contributed by atoms with E-state index in [2.05, 4.69) is 15.5 Å². The lowest BCUT2D eigenvalue weighted by Gasteiger charge is -2.34. The minimum Gasteiger partial charge on any atom is -0.367 e. The molecule has 0 aromatic rings. The van der Waals surface area contributed by atoms with E-state index < -0.39 is 11.8 Å². The molecule has 0 aromatic heterocycles. The molecule has 0 saturated heterocycles. The van der Waals surface area contributed by atoms with Gasteiger partial charge < -0.3 is 5.32 Å². The van der Waals surface area contributed by atoms with Crippen molar-refractivity contribution in [3.8, 4) is 0 Å². The maximum absolute atomic E-state index is 11.8. The Hall–Kier alpha value is -1.52. The normalized spacial score (nSPS) is 29.4. The fraction of sp³-hybridized carbons (Fsp3) is 0.778. The van der Waals surface area contributed by atoms with Gasteiger partial charge in [0.25, 0.3) is 5.91 Å². The summed E-state index contributed by atoms with van der Waals surface area (Å²) in [5.74, 6) is 0.103. The number of aliphatic imine (C=N–C) groups is 1. The van der Waals surface area contributed by atoms with Gasteiger partial charge in [0.05, 0.1) is 5.92 Å². The maximum atomic E-state index is 11.8. The molecule has 1 N–H and O–H groups in total. The molecule has 2 aliphatic carbocycles. The lowest BCUT2D eigenvalue weighted by molar-refractivity contribution is -0.120. The van der Waals surface area contributed by atoms with Gasteiger partial charge in [-0.1, -0.05) is 38.5 Å². The summed E-state index contributed by atoms with van der Waals surface area (Å²) in [4.78, 5) is 27.0. The minimum atomic E-state index is -0.567. The van der Waals surface area contributed by atoms with E-state index in [0.29, 0.717) is 6.04 Å². The molecule has 0 aromatic carbocycles. The molecule has 23 heavy (non-hydrogen) atoms. The zero-order valence-electron chi connectivity index (χ0n) is 13.8. The van der Waals surface area contributed by atoms with E-state index in [1.807, 2.05) is 0 Å². The third kappa shape index (κ3) is 3.88. The van der Waals surface area contributed by atoms with E-state index in [1.54, 1.807) is 6.21 Å². The molecule has 0 spiro atoms. The summed E-state index contributed by atoms with van der Waals surface area (Å²) in [7, 11) is 0.